The number of carbonyl (C=O) groups is 1. The predicted molar refractivity (Wildman–Crippen MR) is 82.6 cm³/mol. The number of rotatable bonds is 3. The van der Waals surface area contributed by atoms with Crippen molar-refractivity contribution in [1.29, 1.82) is 0 Å². The van der Waals surface area contributed by atoms with Crippen molar-refractivity contribution < 1.29 is 9.72 Å². The lowest BCUT2D eigenvalue weighted by Gasteiger charge is -2.39. The summed E-state index contributed by atoms with van der Waals surface area (Å²) >= 11 is 0. The van der Waals surface area contributed by atoms with Crippen LogP contribution >= 0.6 is 12.4 Å². The highest BCUT2D eigenvalue weighted by Gasteiger charge is 2.31. The summed E-state index contributed by atoms with van der Waals surface area (Å²) in [6.45, 7) is 3.17. The van der Waals surface area contributed by atoms with Gasteiger partial charge in [-0.15, -0.1) is 12.4 Å². The molecule has 0 aromatic heterocycles. The summed E-state index contributed by atoms with van der Waals surface area (Å²) in [5.41, 5.74) is 6.06. The fourth-order valence-electron chi connectivity index (χ4n) is 2.78. The number of likely N-dealkylation sites (tertiary alicyclic amines) is 1. The van der Waals surface area contributed by atoms with Crippen molar-refractivity contribution in [1.82, 2.24) is 4.90 Å². The average Bonchev–Trinajstić information content (AvgIpc) is 2.46. The van der Waals surface area contributed by atoms with E-state index in [1.807, 2.05) is 0 Å². The second kappa shape index (κ2) is 7.38. The summed E-state index contributed by atoms with van der Waals surface area (Å²) in [5.74, 6) is 0.187. The largest absolute Gasteiger partial charge is 0.334 e. The lowest BCUT2D eigenvalue weighted by molar-refractivity contribution is -0.384. The van der Waals surface area contributed by atoms with Crippen molar-refractivity contribution in [3.63, 3.8) is 0 Å². The zero-order valence-electron chi connectivity index (χ0n) is 11.9. The molecular formula is C14H20ClN3O3. The molecule has 1 aromatic rings. The van der Waals surface area contributed by atoms with Crippen LogP contribution in [-0.2, 0) is 0 Å². The van der Waals surface area contributed by atoms with Gasteiger partial charge in [0.2, 0.25) is 0 Å². The highest BCUT2D eigenvalue weighted by molar-refractivity contribution is 5.95. The van der Waals surface area contributed by atoms with Gasteiger partial charge in [-0.05, 0) is 24.8 Å². The highest BCUT2D eigenvalue weighted by Crippen LogP contribution is 2.25. The van der Waals surface area contributed by atoms with Crippen molar-refractivity contribution in [2.75, 3.05) is 13.1 Å². The third-order valence-corrected chi connectivity index (χ3v) is 3.92. The Morgan fingerprint density at radius 2 is 2.24 bits per heavy atom. The number of hydrogen-bond donors (Lipinski definition) is 1. The number of piperidine rings is 1. The molecule has 0 aliphatic carbocycles. The van der Waals surface area contributed by atoms with Gasteiger partial charge in [0.05, 0.1) is 4.92 Å². The van der Waals surface area contributed by atoms with Gasteiger partial charge in [-0.25, -0.2) is 0 Å². The van der Waals surface area contributed by atoms with Gasteiger partial charge in [0.15, 0.2) is 0 Å². The van der Waals surface area contributed by atoms with Gasteiger partial charge < -0.3 is 10.6 Å². The van der Waals surface area contributed by atoms with Crippen LogP contribution in [0.25, 0.3) is 0 Å². The molecule has 0 radical (unpaired) electrons. The maximum atomic E-state index is 12.5. The molecule has 1 amide bonds. The van der Waals surface area contributed by atoms with Gasteiger partial charge in [-0.1, -0.05) is 13.0 Å². The first-order valence-electron chi connectivity index (χ1n) is 6.80. The van der Waals surface area contributed by atoms with Crippen LogP contribution in [0, 0.1) is 16.0 Å². The van der Waals surface area contributed by atoms with Crippen LogP contribution in [0.3, 0.4) is 0 Å². The van der Waals surface area contributed by atoms with E-state index in [-0.39, 0.29) is 30.0 Å². The summed E-state index contributed by atoms with van der Waals surface area (Å²) in [5, 5.41) is 10.8. The Hall–Kier alpha value is -1.66. The minimum Gasteiger partial charge on any atom is -0.334 e. The summed E-state index contributed by atoms with van der Waals surface area (Å²) in [4.78, 5) is 24.6. The zero-order valence-corrected chi connectivity index (χ0v) is 12.7. The Bertz CT molecular complexity index is 524. The molecule has 0 spiro atoms. The second-order valence-electron chi connectivity index (χ2n) is 5.23. The zero-order chi connectivity index (χ0) is 14.7. The molecule has 7 heteroatoms. The summed E-state index contributed by atoms with van der Waals surface area (Å²) in [7, 11) is 0. The van der Waals surface area contributed by atoms with Crippen molar-refractivity contribution in [2.24, 2.45) is 11.7 Å². The minimum atomic E-state index is -0.490. The molecule has 1 heterocycles. The van der Waals surface area contributed by atoms with Gasteiger partial charge in [-0.2, -0.15) is 0 Å². The van der Waals surface area contributed by atoms with Crippen molar-refractivity contribution in [3.8, 4) is 0 Å². The van der Waals surface area contributed by atoms with Crippen LogP contribution in [0.1, 0.15) is 30.1 Å². The SMILES string of the molecule is CC1CCCN(C(=O)c2cccc([N+](=O)[O-])c2)C1CN.Cl. The van der Waals surface area contributed by atoms with Crippen molar-refractivity contribution in [3.05, 3.63) is 39.9 Å². The van der Waals surface area contributed by atoms with Crippen LogP contribution in [0.5, 0.6) is 0 Å². The van der Waals surface area contributed by atoms with E-state index in [0.717, 1.165) is 12.8 Å². The molecule has 6 nitrogen and oxygen atoms in total. The molecule has 1 aliphatic heterocycles. The van der Waals surface area contributed by atoms with E-state index in [1.165, 1.54) is 18.2 Å². The Morgan fingerprint density at radius 3 is 2.86 bits per heavy atom. The molecule has 1 saturated heterocycles. The number of benzene rings is 1. The molecule has 21 heavy (non-hydrogen) atoms. The minimum absolute atomic E-state index is 0. The molecule has 1 aromatic carbocycles. The maximum Gasteiger partial charge on any atom is 0.270 e. The van der Waals surface area contributed by atoms with E-state index in [4.69, 9.17) is 5.73 Å². The van der Waals surface area contributed by atoms with Crippen LogP contribution in [0.15, 0.2) is 24.3 Å². The second-order valence-corrected chi connectivity index (χ2v) is 5.23. The first-order chi connectivity index (χ1) is 9.54. The van der Waals surface area contributed by atoms with Gasteiger partial charge in [-0.3, -0.25) is 14.9 Å². The summed E-state index contributed by atoms with van der Waals surface area (Å²) in [6, 6.07) is 5.87. The van der Waals surface area contributed by atoms with E-state index in [1.54, 1.807) is 11.0 Å². The third-order valence-electron chi connectivity index (χ3n) is 3.92. The lowest BCUT2D eigenvalue weighted by atomic mass is 9.90. The first kappa shape index (κ1) is 17.4. The smallest absolute Gasteiger partial charge is 0.270 e. The monoisotopic (exact) mass is 313 g/mol. The Kier molecular flexibility index (Phi) is 6.11. The Balaban J connectivity index is 0.00000220. The molecule has 1 fully saturated rings. The van der Waals surface area contributed by atoms with Gasteiger partial charge in [0.25, 0.3) is 11.6 Å². The molecule has 2 atom stereocenters. The normalized spacial score (nSPS) is 21.5. The van der Waals surface area contributed by atoms with Crippen LogP contribution < -0.4 is 5.73 Å². The van der Waals surface area contributed by atoms with Crippen LogP contribution in [0.2, 0.25) is 0 Å². The van der Waals surface area contributed by atoms with Gasteiger partial charge >= 0.3 is 0 Å². The number of nitrogens with two attached hydrogens (primary N) is 1. The lowest BCUT2D eigenvalue weighted by Crippen LogP contribution is -2.51. The number of carbonyl (C=O) groups excluding carboxylic acids is 1. The molecule has 2 unspecified atom stereocenters. The first-order valence-corrected chi connectivity index (χ1v) is 6.80. The Labute approximate surface area is 129 Å². The van der Waals surface area contributed by atoms with E-state index >= 15 is 0 Å². The molecule has 0 bridgehead atoms. The number of hydrogen-bond acceptors (Lipinski definition) is 4. The van der Waals surface area contributed by atoms with E-state index in [0.29, 0.717) is 24.6 Å². The maximum absolute atomic E-state index is 12.5. The fraction of sp³-hybridized carbons (Fsp3) is 0.500. The average molecular weight is 314 g/mol. The number of non-ortho nitro benzene ring substituents is 1. The molecule has 116 valence electrons. The highest BCUT2D eigenvalue weighted by atomic mass is 35.5. The third kappa shape index (κ3) is 3.71. The molecule has 2 N–H and O–H groups in total. The molecule has 0 saturated carbocycles. The number of nitro benzene ring substituents is 1. The van der Waals surface area contributed by atoms with Gasteiger partial charge in [0.1, 0.15) is 0 Å². The van der Waals surface area contributed by atoms with Gasteiger partial charge in [0, 0.05) is 36.8 Å². The van der Waals surface area contributed by atoms with E-state index in [9.17, 15) is 14.9 Å². The quantitative estimate of drug-likeness (QED) is 0.684. The Morgan fingerprint density at radius 1 is 1.52 bits per heavy atom. The number of nitro groups is 1. The summed E-state index contributed by atoms with van der Waals surface area (Å²) < 4.78 is 0. The molecule has 2 rings (SSSR count). The molecular weight excluding hydrogens is 294 g/mol. The van der Waals surface area contributed by atoms with Crippen molar-refractivity contribution in [2.45, 2.75) is 25.8 Å². The van der Waals surface area contributed by atoms with Crippen LogP contribution in [-0.4, -0.2) is 34.9 Å². The van der Waals surface area contributed by atoms with Crippen molar-refractivity contribution >= 4 is 24.0 Å². The number of amides is 1. The van der Waals surface area contributed by atoms with E-state index in [2.05, 4.69) is 6.92 Å². The fourth-order valence-corrected chi connectivity index (χ4v) is 2.78. The number of nitrogens with zero attached hydrogens (tertiary/aromatic N) is 2. The summed E-state index contributed by atoms with van der Waals surface area (Å²) in [6.07, 6.45) is 2.00. The standard InChI is InChI=1S/C14H19N3O3.ClH/c1-10-4-3-7-16(13(10)9-15)14(18)11-5-2-6-12(8-11)17(19)20;/h2,5-6,8,10,13H,3-4,7,9,15H2,1H3;1H. The van der Waals surface area contributed by atoms with E-state index < -0.39 is 4.92 Å². The van der Waals surface area contributed by atoms with Crippen LogP contribution in [0.4, 0.5) is 5.69 Å². The number of halogens is 1. The topological polar surface area (TPSA) is 89.5 Å². The molecule has 1 aliphatic rings. The predicted octanol–water partition coefficient (Wildman–Crippen LogP) is 2.22.